The zero-order valence-corrected chi connectivity index (χ0v) is 49.2. The van der Waals surface area contributed by atoms with Crippen LogP contribution in [0.15, 0.2) is 86.0 Å². The van der Waals surface area contributed by atoms with Crippen molar-refractivity contribution in [2.45, 2.75) is 232 Å². The van der Waals surface area contributed by atoms with E-state index in [-0.39, 0.29) is 67.9 Å². The number of rotatable bonds is 24. The van der Waals surface area contributed by atoms with Crippen LogP contribution in [0.1, 0.15) is 195 Å². The van der Waals surface area contributed by atoms with Crippen LogP contribution >= 0.6 is 0 Å². The summed E-state index contributed by atoms with van der Waals surface area (Å²) in [6.07, 6.45) is 60.8. The first-order valence-electron chi connectivity index (χ1n) is 27.9. The third-order valence-corrected chi connectivity index (χ3v) is 16.3. The molecule has 8 heteroatoms. The second-order valence-corrected chi connectivity index (χ2v) is 21.4. The first kappa shape index (κ1) is 58.6. The summed E-state index contributed by atoms with van der Waals surface area (Å²) < 4.78 is 9.95. The highest BCUT2D eigenvalue weighted by atomic mass is 79.9. The van der Waals surface area contributed by atoms with E-state index < -0.39 is 0 Å². The Morgan fingerprint density at radius 1 is 0.257 bits per heavy atom. The maximum Gasteiger partial charge on any atom is 0.172 e. The summed E-state index contributed by atoms with van der Waals surface area (Å²) in [6, 6.07) is 15.1. The van der Waals surface area contributed by atoms with Gasteiger partial charge in [-0.2, -0.15) is 0 Å². The zero-order valence-electron chi connectivity index (χ0n) is 42.8. The topological polar surface area (TPSA) is 15.5 Å². The third kappa shape index (κ3) is 17.4. The van der Waals surface area contributed by atoms with Crippen LogP contribution in [0.3, 0.4) is 0 Å². The number of halogens is 4. The average Bonchev–Trinajstić information content (AvgIpc) is 3.36. The fourth-order valence-corrected chi connectivity index (χ4v) is 12.3. The summed E-state index contributed by atoms with van der Waals surface area (Å²) in [6.45, 7) is 4.62. The molecule has 0 unspecified atom stereocenters. The molecule has 0 fully saturated rings. The largest absolute Gasteiger partial charge is 1.00 e. The van der Waals surface area contributed by atoms with Crippen molar-refractivity contribution in [3.8, 4) is 0 Å². The number of unbranched alkanes of at least 4 members (excludes halogenated alkanes) is 8. The van der Waals surface area contributed by atoms with Gasteiger partial charge in [-0.25, -0.2) is 18.3 Å². The second-order valence-electron chi connectivity index (χ2n) is 21.4. The van der Waals surface area contributed by atoms with Crippen LogP contribution in [0, 0.1) is 0 Å². The number of fused-ring (bicyclic) bond motifs is 4. The van der Waals surface area contributed by atoms with Crippen LogP contribution in [0.2, 0.25) is 0 Å². The molecule has 5 aromatic rings. The van der Waals surface area contributed by atoms with Gasteiger partial charge in [0, 0.05) is 72.2 Å². The molecule has 0 amide bonds. The van der Waals surface area contributed by atoms with Gasteiger partial charge in [-0.1, -0.05) is 12.1 Å². The van der Waals surface area contributed by atoms with Crippen LogP contribution in [0.25, 0.3) is 0 Å². The van der Waals surface area contributed by atoms with E-state index in [2.05, 4.69) is 104 Å². The van der Waals surface area contributed by atoms with Gasteiger partial charge in [0.2, 0.25) is 0 Å². The lowest BCUT2D eigenvalue weighted by Gasteiger charge is -2.18. The monoisotopic (exact) mass is 1200 g/mol. The molecular weight excluding hydrogens is 1120 g/mol. The molecule has 9 rings (SSSR count). The van der Waals surface area contributed by atoms with Crippen molar-refractivity contribution >= 4 is 0 Å². The van der Waals surface area contributed by atoms with Gasteiger partial charge < -0.3 is 67.9 Å². The van der Waals surface area contributed by atoms with E-state index in [4.69, 9.17) is 0 Å². The normalized spacial score (nSPS) is 14.6. The van der Waals surface area contributed by atoms with Gasteiger partial charge in [0.05, 0.1) is 0 Å². The molecule has 0 aliphatic heterocycles. The number of aromatic nitrogens is 4. The van der Waals surface area contributed by atoms with E-state index in [1.807, 2.05) is 0 Å². The first-order chi connectivity index (χ1) is 32.7. The highest BCUT2D eigenvalue weighted by Gasteiger charge is 2.18. The van der Waals surface area contributed by atoms with Gasteiger partial charge in [-0.05, 0) is 224 Å². The van der Waals surface area contributed by atoms with Crippen molar-refractivity contribution in [1.82, 2.24) is 0 Å². The Labute approximate surface area is 467 Å². The molecule has 4 nitrogen and oxygen atoms in total. The highest BCUT2D eigenvalue weighted by Crippen LogP contribution is 2.27. The number of nitrogens with zero attached hydrogens (tertiary/aromatic N) is 4. The van der Waals surface area contributed by atoms with Crippen LogP contribution in [-0.4, -0.2) is 0 Å². The van der Waals surface area contributed by atoms with Crippen LogP contribution in [-0.2, 0) is 103 Å². The quantitative estimate of drug-likeness (QED) is 0.0614. The predicted molar refractivity (Wildman–Crippen MR) is 270 cm³/mol. The minimum atomic E-state index is 0. The van der Waals surface area contributed by atoms with Crippen molar-refractivity contribution in [1.29, 1.82) is 0 Å². The van der Waals surface area contributed by atoms with Crippen molar-refractivity contribution in [2.75, 3.05) is 0 Å². The first-order valence-corrected chi connectivity index (χ1v) is 27.9. The Kier molecular flexibility index (Phi) is 26.4. The molecule has 70 heavy (non-hydrogen) atoms. The lowest BCUT2D eigenvalue weighted by Crippen LogP contribution is -3.00. The fraction of sp³-hybridized carbons (Fsp3) is 0.581. The molecule has 0 saturated heterocycles. The maximum atomic E-state index is 2.74. The third-order valence-electron chi connectivity index (χ3n) is 16.3. The van der Waals surface area contributed by atoms with Crippen molar-refractivity contribution in [3.05, 3.63) is 153 Å². The van der Waals surface area contributed by atoms with Crippen LogP contribution < -0.4 is 86.2 Å². The minimum absolute atomic E-state index is 0. The van der Waals surface area contributed by atoms with Gasteiger partial charge in [-0.3, -0.25) is 0 Å². The van der Waals surface area contributed by atoms with E-state index in [1.54, 1.807) is 66.8 Å². The van der Waals surface area contributed by atoms with Gasteiger partial charge >= 0.3 is 0 Å². The number of aryl methyl sites for hydroxylation is 16. The molecule has 0 radical (unpaired) electrons. The van der Waals surface area contributed by atoms with Gasteiger partial charge in [0.15, 0.2) is 49.6 Å². The summed E-state index contributed by atoms with van der Waals surface area (Å²) in [5, 5.41) is 0. The Bertz CT molecular complexity index is 2020. The molecule has 4 aromatic heterocycles. The summed E-state index contributed by atoms with van der Waals surface area (Å²) in [4.78, 5) is 0. The molecule has 1 aromatic carbocycles. The summed E-state index contributed by atoms with van der Waals surface area (Å²) in [7, 11) is 0. The highest BCUT2D eigenvalue weighted by molar-refractivity contribution is 5.39. The van der Waals surface area contributed by atoms with E-state index >= 15 is 0 Å². The molecule has 0 spiro atoms. The Morgan fingerprint density at radius 2 is 0.471 bits per heavy atom. The molecule has 4 aliphatic rings. The molecule has 0 N–H and O–H groups in total. The van der Waals surface area contributed by atoms with Crippen LogP contribution in [0.4, 0.5) is 0 Å². The molecular formula is C62H86Br4N4. The van der Waals surface area contributed by atoms with E-state index in [0.717, 1.165) is 26.2 Å². The fourth-order valence-electron chi connectivity index (χ4n) is 12.3. The minimum Gasteiger partial charge on any atom is -1.00 e. The maximum absolute atomic E-state index is 2.74. The van der Waals surface area contributed by atoms with E-state index in [0.29, 0.717) is 0 Å². The van der Waals surface area contributed by atoms with Gasteiger partial charge in [-0.15, -0.1) is 0 Å². The molecule has 0 saturated carbocycles. The van der Waals surface area contributed by atoms with Crippen molar-refractivity contribution < 1.29 is 86.2 Å². The standard InChI is InChI=1S/C62H86N4.4BrH/c1(17-37-63-41-33-51-21-9-13-29-59(51)47-63)5-25-55-45-57(27-7-3-19-39-65-43-35-53-23-11-15-31-61(53)49-65)58(28-8-4-20-40-66-44-36-54-24-12-16-32-62(54)50-66)46-56(55)26-6-2-18-38-64-42-34-52-22-10-14-30-60(52)48-64;;;;/h33-36,41-50H,1-32,37-40H2;4*1H/q+4;;;;/p-4. The van der Waals surface area contributed by atoms with Crippen molar-refractivity contribution in [2.24, 2.45) is 0 Å². The molecule has 4 heterocycles. The lowest BCUT2D eigenvalue weighted by atomic mass is 9.88. The number of hydrogen-bond donors (Lipinski definition) is 0. The summed E-state index contributed by atoms with van der Waals surface area (Å²) in [5.41, 5.74) is 19.5. The number of benzene rings is 1. The summed E-state index contributed by atoms with van der Waals surface area (Å²) in [5.74, 6) is 0. The van der Waals surface area contributed by atoms with Gasteiger partial charge in [0.25, 0.3) is 0 Å². The lowest BCUT2D eigenvalue weighted by molar-refractivity contribution is -0.698. The smallest absolute Gasteiger partial charge is 0.172 e. The SMILES string of the molecule is [Br-].[Br-].[Br-].[Br-].c1c(CCCCC[n+]2ccc3c(c2)CCCC3)c(CCCCC[n+]2ccc3c(c2)CCCC3)cc(CCCCC[n+]2ccc3c(c2)CCCC3)c1CCCCC[n+]1ccc2c(c1)CCCC2. The van der Waals surface area contributed by atoms with Crippen LogP contribution in [0.5, 0.6) is 0 Å². The Hall–Kier alpha value is -2.26. The predicted octanol–water partition coefficient (Wildman–Crippen LogP) is 0.0198. The van der Waals surface area contributed by atoms with Crippen molar-refractivity contribution in [3.63, 3.8) is 0 Å². The average molecular weight is 1210 g/mol. The molecule has 0 atom stereocenters. The number of pyridine rings is 4. The van der Waals surface area contributed by atoms with Gasteiger partial charge in [0.1, 0.15) is 26.2 Å². The second kappa shape index (κ2) is 31.5. The zero-order chi connectivity index (χ0) is 44.6. The molecule has 382 valence electrons. The Balaban J connectivity index is 0.00000228. The molecule has 4 aliphatic carbocycles. The Morgan fingerprint density at radius 3 is 0.700 bits per heavy atom. The van der Waals surface area contributed by atoms with E-state index in [1.165, 1.54) is 205 Å². The van der Waals surface area contributed by atoms with E-state index in [9.17, 15) is 0 Å². The number of hydrogen-bond acceptors (Lipinski definition) is 0. The summed E-state index contributed by atoms with van der Waals surface area (Å²) >= 11 is 0. The molecule has 0 bridgehead atoms.